The number of non-ortho nitro benzene ring substituents is 1. The second-order valence-electron chi connectivity index (χ2n) is 5.48. The number of nitrogens with zero attached hydrogens (tertiary/aromatic N) is 1. The average molecular weight is 316 g/mol. The van der Waals surface area contributed by atoms with E-state index in [-0.39, 0.29) is 42.9 Å². The minimum Gasteiger partial charge on any atom is -0.366 e. The highest BCUT2D eigenvalue weighted by atomic mass is 19.4. The first-order chi connectivity index (χ1) is 10.2. The average Bonchev–Trinajstić information content (AvgIpc) is 2.45. The van der Waals surface area contributed by atoms with Gasteiger partial charge in [0, 0.05) is 17.7 Å². The molecule has 1 fully saturated rings. The molecule has 2 N–H and O–H groups in total. The highest BCUT2D eigenvalue weighted by Gasteiger charge is 2.41. The molecule has 2 rings (SSSR count). The molecule has 0 unspecified atom stereocenters. The van der Waals surface area contributed by atoms with Gasteiger partial charge in [-0.25, -0.2) is 0 Å². The summed E-state index contributed by atoms with van der Waals surface area (Å²) in [5.41, 5.74) is 5.50. The van der Waals surface area contributed by atoms with Gasteiger partial charge in [0.05, 0.1) is 10.8 Å². The third-order valence-corrected chi connectivity index (χ3v) is 4.14. The predicted octanol–water partition coefficient (Wildman–Crippen LogP) is 3.53. The van der Waals surface area contributed by atoms with Crippen molar-refractivity contribution in [2.75, 3.05) is 0 Å². The number of benzene rings is 1. The first kappa shape index (κ1) is 16.3. The Morgan fingerprint density at radius 1 is 1.23 bits per heavy atom. The summed E-state index contributed by atoms with van der Waals surface area (Å²) in [4.78, 5) is 21.6. The lowest BCUT2D eigenvalue weighted by molar-refractivity contribution is -0.384. The van der Waals surface area contributed by atoms with E-state index in [2.05, 4.69) is 0 Å². The van der Waals surface area contributed by atoms with Crippen LogP contribution in [0.5, 0.6) is 0 Å². The largest absolute Gasteiger partial charge is 0.391 e. The summed E-state index contributed by atoms with van der Waals surface area (Å²) in [5, 5.41) is 10.7. The molecule has 8 heteroatoms. The quantitative estimate of drug-likeness (QED) is 0.683. The number of rotatable bonds is 3. The lowest BCUT2D eigenvalue weighted by atomic mass is 9.77. The molecule has 0 atom stereocenters. The molecule has 1 aliphatic rings. The van der Waals surface area contributed by atoms with Crippen LogP contribution in [0.25, 0.3) is 0 Å². The van der Waals surface area contributed by atoms with E-state index in [9.17, 15) is 28.1 Å². The molecule has 0 bridgehead atoms. The zero-order valence-electron chi connectivity index (χ0n) is 11.6. The first-order valence-corrected chi connectivity index (χ1v) is 6.85. The van der Waals surface area contributed by atoms with Crippen molar-refractivity contribution in [3.63, 3.8) is 0 Å². The third kappa shape index (κ3) is 3.37. The molecule has 5 nitrogen and oxygen atoms in total. The van der Waals surface area contributed by atoms with E-state index in [0.29, 0.717) is 5.56 Å². The molecule has 0 spiro atoms. The fourth-order valence-corrected chi connectivity index (χ4v) is 2.96. The minimum atomic E-state index is -4.20. The Bertz CT molecular complexity index is 593. The van der Waals surface area contributed by atoms with Gasteiger partial charge in [-0.05, 0) is 37.2 Å². The Morgan fingerprint density at radius 3 is 2.27 bits per heavy atom. The second kappa shape index (κ2) is 5.94. The molecule has 1 amide bonds. The van der Waals surface area contributed by atoms with E-state index in [4.69, 9.17) is 5.73 Å². The first-order valence-electron chi connectivity index (χ1n) is 6.85. The Hall–Kier alpha value is -2.12. The molecule has 0 aromatic heterocycles. The molecule has 0 heterocycles. The number of carbonyl (C=O) groups excluding carboxylic acids is 1. The van der Waals surface area contributed by atoms with Gasteiger partial charge in [-0.15, -0.1) is 0 Å². The normalized spacial score (nSPS) is 22.3. The van der Waals surface area contributed by atoms with E-state index in [0.717, 1.165) is 6.07 Å². The van der Waals surface area contributed by atoms with Gasteiger partial charge >= 0.3 is 6.18 Å². The summed E-state index contributed by atoms with van der Waals surface area (Å²) < 4.78 is 38.0. The van der Waals surface area contributed by atoms with Crippen molar-refractivity contribution in [3.05, 3.63) is 39.4 Å². The van der Waals surface area contributed by atoms with E-state index in [1.165, 1.54) is 12.1 Å². The lowest BCUT2D eigenvalue weighted by Gasteiger charge is -2.30. The van der Waals surface area contributed by atoms with Crippen LogP contribution in [-0.4, -0.2) is 17.0 Å². The van der Waals surface area contributed by atoms with Crippen LogP contribution in [0.4, 0.5) is 18.9 Å². The Labute approximate surface area is 124 Å². The van der Waals surface area contributed by atoms with Gasteiger partial charge in [0.15, 0.2) is 0 Å². The van der Waals surface area contributed by atoms with Gasteiger partial charge in [0.2, 0.25) is 5.91 Å². The molecular weight excluding hydrogens is 301 g/mol. The summed E-state index contributed by atoms with van der Waals surface area (Å²) in [6, 6.07) is 3.77. The van der Waals surface area contributed by atoms with Crippen LogP contribution >= 0.6 is 0 Å². The van der Waals surface area contributed by atoms with Gasteiger partial charge in [0.25, 0.3) is 5.69 Å². The van der Waals surface area contributed by atoms with Crippen molar-refractivity contribution in [1.82, 2.24) is 0 Å². The fourth-order valence-electron chi connectivity index (χ4n) is 2.96. The molecule has 0 radical (unpaired) electrons. The number of hydrogen-bond donors (Lipinski definition) is 1. The number of amides is 1. The zero-order chi connectivity index (χ0) is 16.5. The Kier molecular flexibility index (Phi) is 4.39. The van der Waals surface area contributed by atoms with E-state index < -0.39 is 22.9 Å². The number of carbonyl (C=O) groups is 1. The Morgan fingerprint density at radius 2 is 1.82 bits per heavy atom. The fraction of sp³-hybridized carbons (Fsp3) is 0.500. The Balaban J connectivity index is 2.23. The molecule has 0 saturated heterocycles. The van der Waals surface area contributed by atoms with Crippen molar-refractivity contribution in [2.45, 2.75) is 37.8 Å². The maximum Gasteiger partial charge on any atom is 0.391 e. The van der Waals surface area contributed by atoms with Gasteiger partial charge in [-0.2, -0.15) is 13.2 Å². The van der Waals surface area contributed by atoms with E-state index in [1.54, 1.807) is 0 Å². The van der Waals surface area contributed by atoms with E-state index >= 15 is 0 Å². The molecule has 1 aromatic carbocycles. The van der Waals surface area contributed by atoms with Crippen molar-refractivity contribution in [3.8, 4) is 0 Å². The standard InChI is InChI=1S/C14H15F3N2O3/c15-14(16,17)9-3-1-8(2-4-9)11-6-5-10(19(21)22)7-12(11)13(18)20/h5-9H,1-4H2,(H2,18,20). The molecule has 1 aliphatic carbocycles. The third-order valence-electron chi connectivity index (χ3n) is 4.14. The van der Waals surface area contributed by atoms with Crippen molar-refractivity contribution >= 4 is 11.6 Å². The number of halogens is 3. The smallest absolute Gasteiger partial charge is 0.366 e. The molecular formula is C14H15F3N2O3. The van der Waals surface area contributed by atoms with Crippen LogP contribution in [-0.2, 0) is 0 Å². The topological polar surface area (TPSA) is 86.2 Å². The van der Waals surface area contributed by atoms with Crippen molar-refractivity contribution in [1.29, 1.82) is 0 Å². The van der Waals surface area contributed by atoms with E-state index in [1.807, 2.05) is 0 Å². The molecule has 0 aliphatic heterocycles. The van der Waals surface area contributed by atoms with Crippen LogP contribution < -0.4 is 5.73 Å². The van der Waals surface area contributed by atoms with Crippen LogP contribution in [0.15, 0.2) is 18.2 Å². The monoisotopic (exact) mass is 316 g/mol. The maximum atomic E-state index is 12.7. The number of nitro benzene ring substituents is 1. The van der Waals surface area contributed by atoms with Crippen LogP contribution in [0, 0.1) is 16.0 Å². The van der Waals surface area contributed by atoms with Gasteiger partial charge in [-0.3, -0.25) is 14.9 Å². The summed E-state index contributed by atoms with van der Waals surface area (Å²) >= 11 is 0. The van der Waals surface area contributed by atoms with Gasteiger partial charge < -0.3 is 5.73 Å². The van der Waals surface area contributed by atoms with Crippen molar-refractivity contribution < 1.29 is 22.9 Å². The SMILES string of the molecule is NC(=O)c1cc([N+](=O)[O-])ccc1C1CCC(C(F)(F)F)CC1. The number of alkyl halides is 3. The molecule has 120 valence electrons. The number of nitro groups is 1. The van der Waals surface area contributed by atoms with Crippen LogP contribution in [0.2, 0.25) is 0 Å². The summed E-state index contributed by atoms with van der Waals surface area (Å²) in [5.74, 6) is -2.36. The second-order valence-corrected chi connectivity index (χ2v) is 5.48. The highest BCUT2D eigenvalue weighted by molar-refractivity contribution is 5.95. The maximum absolute atomic E-state index is 12.7. The highest BCUT2D eigenvalue weighted by Crippen LogP contribution is 2.43. The van der Waals surface area contributed by atoms with Gasteiger partial charge in [-0.1, -0.05) is 6.07 Å². The predicted molar refractivity (Wildman–Crippen MR) is 72.4 cm³/mol. The summed E-state index contributed by atoms with van der Waals surface area (Å²) in [6.07, 6.45) is -3.66. The zero-order valence-corrected chi connectivity index (χ0v) is 11.6. The number of primary amides is 1. The van der Waals surface area contributed by atoms with Crippen LogP contribution in [0.3, 0.4) is 0 Å². The van der Waals surface area contributed by atoms with Gasteiger partial charge in [0.1, 0.15) is 0 Å². The molecule has 22 heavy (non-hydrogen) atoms. The lowest BCUT2D eigenvalue weighted by Crippen LogP contribution is -2.28. The molecule has 1 aromatic rings. The molecule has 1 saturated carbocycles. The van der Waals surface area contributed by atoms with Crippen LogP contribution in [0.1, 0.15) is 47.5 Å². The summed E-state index contributed by atoms with van der Waals surface area (Å²) in [6.45, 7) is 0. The van der Waals surface area contributed by atoms with Crippen molar-refractivity contribution in [2.24, 2.45) is 11.7 Å². The number of hydrogen-bond acceptors (Lipinski definition) is 3. The summed E-state index contributed by atoms with van der Waals surface area (Å²) in [7, 11) is 0. The minimum absolute atomic E-state index is 0.0106. The number of nitrogens with two attached hydrogens (primary N) is 1.